The van der Waals surface area contributed by atoms with Crippen LogP contribution in [0.25, 0.3) is 0 Å². The smallest absolute Gasteiger partial charge is 0.269 e. The molecule has 0 atom stereocenters. The molecular weight excluding hydrogens is 238 g/mol. The van der Waals surface area contributed by atoms with Gasteiger partial charge in [-0.3, -0.25) is 14.9 Å². The first kappa shape index (κ1) is 13.3. The molecule has 0 N–H and O–H groups in total. The summed E-state index contributed by atoms with van der Waals surface area (Å²) in [5.74, 6) is 3.17. The minimum Gasteiger partial charge on any atom is -0.282 e. The monoisotopic (exact) mass is 249 g/mol. The first-order chi connectivity index (χ1) is 8.15. The van der Waals surface area contributed by atoms with Gasteiger partial charge in [0.05, 0.1) is 4.92 Å². The number of rotatable bonds is 5. The molecule has 0 heterocycles. The van der Waals surface area contributed by atoms with Crippen LogP contribution in [-0.4, -0.2) is 15.8 Å². The van der Waals surface area contributed by atoms with E-state index in [0.717, 1.165) is 6.42 Å². The van der Waals surface area contributed by atoms with Crippen molar-refractivity contribution in [3.05, 3.63) is 39.9 Å². The van der Waals surface area contributed by atoms with E-state index in [4.69, 9.17) is 6.42 Å². The van der Waals surface area contributed by atoms with E-state index in [1.165, 1.54) is 36.0 Å². The van der Waals surface area contributed by atoms with Crippen molar-refractivity contribution < 1.29 is 9.72 Å². The van der Waals surface area contributed by atoms with Crippen molar-refractivity contribution in [1.29, 1.82) is 0 Å². The van der Waals surface area contributed by atoms with E-state index in [2.05, 4.69) is 5.92 Å². The molecule has 0 aromatic heterocycles. The van der Waals surface area contributed by atoms with Crippen LogP contribution in [-0.2, 0) is 0 Å². The van der Waals surface area contributed by atoms with E-state index in [0.29, 0.717) is 17.7 Å². The van der Waals surface area contributed by atoms with Crippen LogP contribution in [0.15, 0.2) is 24.3 Å². The highest BCUT2D eigenvalue weighted by molar-refractivity contribution is 8.14. The molecule has 0 saturated heterocycles. The van der Waals surface area contributed by atoms with Crippen LogP contribution in [0.1, 0.15) is 23.2 Å². The van der Waals surface area contributed by atoms with Gasteiger partial charge in [0, 0.05) is 29.9 Å². The Bertz CT molecular complexity index is 448. The van der Waals surface area contributed by atoms with Crippen molar-refractivity contribution in [3.8, 4) is 12.3 Å². The van der Waals surface area contributed by atoms with E-state index in [9.17, 15) is 14.9 Å². The van der Waals surface area contributed by atoms with Crippen LogP contribution in [0.4, 0.5) is 5.69 Å². The third kappa shape index (κ3) is 4.29. The summed E-state index contributed by atoms with van der Waals surface area (Å²) in [6.45, 7) is 0. The fourth-order valence-corrected chi connectivity index (χ4v) is 1.92. The number of thioether (sulfide) groups is 1. The van der Waals surface area contributed by atoms with Crippen LogP contribution in [0.5, 0.6) is 0 Å². The summed E-state index contributed by atoms with van der Waals surface area (Å²) in [4.78, 5) is 21.6. The predicted molar refractivity (Wildman–Crippen MR) is 68.0 cm³/mol. The first-order valence-electron chi connectivity index (χ1n) is 5.00. The normalized spacial score (nSPS) is 9.59. The van der Waals surface area contributed by atoms with E-state index >= 15 is 0 Å². The molecular formula is C12H11NO3S. The van der Waals surface area contributed by atoms with Crippen LogP contribution >= 0.6 is 11.8 Å². The molecule has 0 aliphatic carbocycles. The minimum atomic E-state index is -0.492. The molecule has 0 bridgehead atoms. The van der Waals surface area contributed by atoms with Crippen molar-refractivity contribution in [2.75, 3.05) is 5.75 Å². The molecule has 0 amide bonds. The van der Waals surface area contributed by atoms with Crippen LogP contribution < -0.4 is 0 Å². The second kappa shape index (κ2) is 6.71. The van der Waals surface area contributed by atoms with E-state index < -0.39 is 4.92 Å². The lowest BCUT2D eigenvalue weighted by atomic mass is 10.2. The van der Waals surface area contributed by atoms with Crippen LogP contribution in [0.2, 0.25) is 0 Å². The number of hydrogen-bond acceptors (Lipinski definition) is 4. The summed E-state index contributed by atoms with van der Waals surface area (Å²) in [6.07, 6.45) is 6.54. The largest absolute Gasteiger partial charge is 0.282 e. The number of unbranched alkanes of at least 4 members (excludes halogenated alkanes) is 1. The number of nitro benzene ring substituents is 1. The number of terminal acetylenes is 1. The highest BCUT2D eigenvalue weighted by atomic mass is 32.2. The molecule has 1 aromatic rings. The highest BCUT2D eigenvalue weighted by Gasteiger charge is 2.09. The second-order valence-electron chi connectivity index (χ2n) is 3.25. The lowest BCUT2D eigenvalue weighted by Crippen LogP contribution is -1.96. The fourth-order valence-electron chi connectivity index (χ4n) is 1.14. The number of benzene rings is 1. The lowest BCUT2D eigenvalue weighted by Gasteiger charge is -1.99. The summed E-state index contributed by atoms with van der Waals surface area (Å²) in [7, 11) is 0. The molecule has 0 aliphatic heterocycles. The average molecular weight is 249 g/mol. The summed E-state index contributed by atoms with van der Waals surface area (Å²) in [5, 5.41) is 10.3. The Kier molecular flexibility index (Phi) is 5.24. The number of hydrogen-bond donors (Lipinski definition) is 0. The predicted octanol–water partition coefficient (Wildman–Crippen LogP) is 2.88. The Balaban J connectivity index is 2.52. The Morgan fingerprint density at radius 3 is 2.59 bits per heavy atom. The van der Waals surface area contributed by atoms with Gasteiger partial charge in [-0.05, 0) is 18.6 Å². The Hall–Kier alpha value is -1.80. The van der Waals surface area contributed by atoms with Gasteiger partial charge in [-0.15, -0.1) is 12.3 Å². The zero-order chi connectivity index (χ0) is 12.7. The molecule has 0 aliphatic rings. The molecule has 4 nitrogen and oxygen atoms in total. The molecule has 1 rings (SSSR count). The maximum atomic E-state index is 11.6. The van der Waals surface area contributed by atoms with E-state index in [1.54, 1.807) is 0 Å². The highest BCUT2D eigenvalue weighted by Crippen LogP contribution is 2.17. The van der Waals surface area contributed by atoms with Crippen molar-refractivity contribution >= 4 is 22.6 Å². The van der Waals surface area contributed by atoms with Gasteiger partial charge in [-0.25, -0.2) is 0 Å². The van der Waals surface area contributed by atoms with Crippen molar-refractivity contribution in [1.82, 2.24) is 0 Å². The van der Waals surface area contributed by atoms with Crippen LogP contribution in [0.3, 0.4) is 0 Å². The summed E-state index contributed by atoms with van der Waals surface area (Å²) in [6, 6.07) is 5.59. The Morgan fingerprint density at radius 2 is 2.06 bits per heavy atom. The molecule has 0 radical (unpaired) electrons. The van der Waals surface area contributed by atoms with E-state index in [1.807, 2.05) is 0 Å². The molecule has 5 heteroatoms. The van der Waals surface area contributed by atoms with Crippen molar-refractivity contribution in [3.63, 3.8) is 0 Å². The Morgan fingerprint density at radius 1 is 1.41 bits per heavy atom. The SMILES string of the molecule is C#CCCCSC(=O)c1ccc([N+](=O)[O-])cc1. The zero-order valence-electron chi connectivity index (χ0n) is 9.09. The van der Waals surface area contributed by atoms with Gasteiger partial charge in [0.2, 0.25) is 5.12 Å². The Labute approximate surface area is 104 Å². The van der Waals surface area contributed by atoms with Gasteiger partial charge in [0.1, 0.15) is 0 Å². The molecule has 0 saturated carbocycles. The van der Waals surface area contributed by atoms with Crippen molar-refractivity contribution in [2.45, 2.75) is 12.8 Å². The third-order valence-electron chi connectivity index (χ3n) is 2.01. The van der Waals surface area contributed by atoms with E-state index in [-0.39, 0.29) is 10.8 Å². The average Bonchev–Trinajstić information content (AvgIpc) is 2.34. The third-order valence-corrected chi connectivity index (χ3v) is 3.00. The number of non-ortho nitro benzene ring substituents is 1. The minimum absolute atomic E-state index is 0.0149. The molecule has 1 aromatic carbocycles. The van der Waals surface area contributed by atoms with Gasteiger partial charge in [-0.2, -0.15) is 0 Å². The zero-order valence-corrected chi connectivity index (χ0v) is 9.90. The fraction of sp³-hybridized carbons (Fsp3) is 0.250. The van der Waals surface area contributed by atoms with Gasteiger partial charge < -0.3 is 0 Å². The van der Waals surface area contributed by atoms with Gasteiger partial charge >= 0.3 is 0 Å². The topological polar surface area (TPSA) is 60.2 Å². The van der Waals surface area contributed by atoms with Gasteiger partial charge in [-0.1, -0.05) is 11.8 Å². The molecule has 0 spiro atoms. The molecule has 0 unspecified atom stereocenters. The number of carbonyl (C=O) groups is 1. The summed E-state index contributed by atoms with van der Waals surface area (Å²) >= 11 is 1.18. The first-order valence-corrected chi connectivity index (χ1v) is 5.98. The number of nitro groups is 1. The molecule has 17 heavy (non-hydrogen) atoms. The van der Waals surface area contributed by atoms with Gasteiger partial charge in [0.25, 0.3) is 5.69 Å². The maximum absolute atomic E-state index is 11.6. The maximum Gasteiger partial charge on any atom is 0.269 e. The standard InChI is InChI=1S/C12H11NO3S/c1-2-3-4-9-17-12(14)10-5-7-11(8-6-10)13(15)16/h1,5-8H,3-4,9H2. The summed E-state index contributed by atoms with van der Waals surface area (Å²) < 4.78 is 0. The number of carbonyl (C=O) groups excluding carboxylic acids is 1. The summed E-state index contributed by atoms with van der Waals surface area (Å²) in [5.41, 5.74) is 0.459. The van der Waals surface area contributed by atoms with Crippen molar-refractivity contribution in [2.24, 2.45) is 0 Å². The molecule has 88 valence electrons. The quantitative estimate of drug-likeness (QED) is 0.348. The lowest BCUT2D eigenvalue weighted by molar-refractivity contribution is -0.384. The van der Waals surface area contributed by atoms with Crippen LogP contribution in [0, 0.1) is 22.5 Å². The number of nitrogens with zero attached hydrogens (tertiary/aromatic N) is 1. The second-order valence-corrected chi connectivity index (χ2v) is 4.32. The van der Waals surface area contributed by atoms with Gasteiger partial charge in [0.15, 0.2) is 0 Å². The molecule has 0 fully saturated rings.